The second-order valence-electron chi connectivity index (χ2n) is 3.28. The number of nitrogens with zero attached hydrogens (tertiary/aromatic N) is 1. The van der Waals surface area contributed by atoms with Gasteiger partial charge in [-0.05, 0) is 12.1 Å². The average molecular weight is 264 g/mol. The minimum Gasteiger partial charge on any atom is -0.459 e. The summed E-state index contributed by atoms with van der Waals surface area (Å²) in [6, 6.07) is 2.82. The van der Waals surface area contributed by atoms with Crippen molar-refractivity contribution in [2.24, 2.45) is 0 Å². The molecule has 0 radical (unpaired) electrons. The van der Waals surface area contributed by atoms with Gasteiger partial charge in [-0.25, -0.2) is 9.78 Å². The Hall–Kier alpha value is -1.83. The molecule has 0 fully saturated rings. The van der Waals surface area contributed by atoms with E-state index in [1.807, 2.05) is 0 Å². The summed E-state index contributed by atoms with van der Waals surface area (Å²) in [5.74, 6) is -0.745. The van der Waals surface area contributed by atoms with Crippen LogP contribution in [0, 0.1) is 0 Å². The molecular formula is C10H11F3N2O3. The summed E-state index contributed by atoms with van der Waals surface area (Å²) in [5.41, 5.74) is 5.78. The van der Waals surface area contributed by atoms with Gasteiger partial charge in [0.25, 0.3) is 0 Å². The van der Waals surface area contributed by atoms with Crippen molar-refractivity contribution in [1.29, 1.82) is 0 Å². The number of esters is 1. The number of rotatable bonds is 5. The smallest absolute Gasteiger partial charge is 0.411 e. The Kier molecular flexibility index (Phi) is 4.90. The second-order valence-corrected chi connectivity index (χ2v) is 3.28. The van der Waals surface area contributed by atoms with Crippen molar-refractivity contribution in [1.82, 2.24) is 4.98 Å². The van der Waals surface area contributed by atoms with E-state index < -0.39 is 18.8 Å². The molecule has 5 nitrogen and oxygen atoms in total. The number of nitrogen functional groups attached to an aromatic ring is 1. The van der Waals surface area contributed by atoms with Crippen LogP contribution in [0.3, 0.4) is 0 Å². The van der Waals surface area contributed by atoms with Gasteiger partial charge in [0.05, 0.1) is 18.5 Å². The fourth-order valence-corrected chi connectivity index (χ4v) is 0.981. The second kappa shape index (κ2) is 6.20. The fourth-order valence-electron chi connectivity index (χ4n) is 0.981. The van der Waals surface area contributed by atoms with Crippen molar-refractivity contribution in [2.45, 2.75) is 6.18 Å². The van der Waals surface area contributed by atoms with Gasteiger partial charge < -0.3 is 15.2 Å². The SMILES string of the molecule is Nc1ccc(C(=O)OCCOCC(F)(F)F)nc1. The van der Waals surface area contributed by atoms with E-state index in [9.17, 15) is 18.0 Å². The summed E-state index contributed by atoms with van der Waals surface area (Å²) in [7, 11) is 0. The van der Waals surface area contributed by atoms with E-state index in [1.165, 1.54) is 18.3 Å². The predicted molar refractivity (Wildman–Crippen MR) is 55.8 cm³/mol. The van der Waals surface area contributed by atoms with Crippen molar-refractivity contribution in [3.8, 4) is 0 Å². The van der Waals surface area contributed by atoms with E-state index >= 15 is 0 Å². The van der Waals surface area contributed by atoms with E-state index in [-0.39, 0.29) is 18.9 Å². The van der Waals surface area contributed by atoms with E-state index in [0.717, 1.165) is 0 Å². The predicted octanol–water partition coefficient (Wildman–Crippen LogP) is 1.40. The van der Waals surface area contributed by atoms with Gasteiger partial charge in [0.2, 0.25) is 0 Å². The zero-order valence-corrected chi connectivity index (χ0v) is 9.24. The molecule has 2 N–H and O–H groups in total. The third-order valence-corrected chi connectivity index (χ3v) is 1.72. The Morgan fingerprint density at radius 3 is 2.61 bits per heavy atom. The molecule has 0 spiro atoms. The Bertz CT molecular complexity index is 392. The first-order valence-electron chi connectivity index (χ1n) is 4.91. The van der Waals surface area contributed by atoms with Gasteiger partial charge in [0.15, 0.2) is 0 Å². The van der Waals surface area contributed by atoms with Crippen LogP contribution in [0.1, 0.15) is 10.5 Å². The van der Waals surface area contributed by atoms with Gasteiger partial charge >= 0.3 is 12.1 Å². The van der Waals surface area contributed by atoms with Crippen LogP contribution >= 0.6 is 0 Å². The van der Waals surface area contributed by atoms with Crippen molar-refractivity contribution >= 4 is 11.7 Å². The number of aromatic nitrogens is 1. The Morgan fingerprint density at radius 1 is 1.33 bits per heavy atom. The molecule has 0 aliphatic heterocycles. The summed E-state index contributed by atoms with van der Waals surface area (Å²) >= 11 is 0. The Morgan fingerprint density at radius 2 is 2.06 bits per heavy atom. The molecule has 0 bridgehead atoms. The standard InChI is InChI=1S/C10H11F3N2O3/c11-10(12,13)6-17-3-4-18-9(16)8-2-1-7(14)5-15-8/h1-2,5H,3-4,6,14H2. The van der Waals surface area contributed by atoms with Crippen LogP contribution < -0.4 is 5.73 Å². The van der Waals surface area contributed by atoms with Gasteiger partial charge in [-0.15, -0.1) is 0 Å². The lowest BCUT2D eigenvalue weighted by molar-refractivity contribution is -0.175. The normalized spacial score (nSPS) is 11.3. The molecule has 0 atom stereocenters. The molecule has 18 heavy (non-hydrogen) atoms. The van der Waals surface area contributed by atoms with E-state index in [4.69, 9.17) is 5.73 Å². The van der Waals surface area contributed by atoms with Gasteiger partial charge in [-0.1, -0.05) is 0 Å². The number of hydrogen-bond donors (Lipinski definition) is 1. The highest BCUT2D eigenvalue weighted by Gasteiger charge is 2.27. The third-order valence-electron chi connectivity index (χ3n) is 1.72. The van der Waals surface area contributed by atoms with Crippen LogP contribution in [0.5, 0.6) is 0 Å². The van der Waals surface area contributed by atoms with Crippen molar-refractivity contribution in [2.75, 3.05) is 25.6 Å². The van der Waals surface area contributed by atoms with Gasteiger partial charge in [0.1, 0.15) is 18.9 Å². The monoisotopic (exact) mass is 264 g/mol. The Labute approximate surface area is 101 Å². The molecule has 0 saturated carbocycles. The molecule has 0 aliphatic rings. The number of halogens is 3. The van der Waals surface area contributed by atoms with Gasteiger partial charge in [0, 0.05) is 0 Å². The van der Waals surface area contributed by atoms with Crippen molar-refractivity contribution in [3.05, 3.63) is 24.0 Å². The average Bonchev–Trinajstić information content (AvgIpc) is 2.27. The van der Waals surface area contributed by atoms with Crippen LogP contribution in [0.2, 0.25) is 0 Å². The van der Waals surface area contributed by atoms with E-state index in [2.05, 4.69) is 14.5 Å². The number of hydrogen-bond acceptors (Lipinski definition) is 5. The number of alkyl halides is 3. The number of pyridine rings is 1. The van der Waals surface area contributed by atoms with E-state index in [1.54, 1.807) is 0 Å². The molecule has 8 heteroatoms. The van der Waals surface area contributed by atoms with Crippen LogP contribution in [0.15, 0.2) is 18.3 Å². The van der Waals surface area contributed by atoms with Crippen LogP contribution in [0.25, 0.3) is 0 Å². The fraction of sp³-hybridized carbons (Fsp3) is 0.400. The molecule has 0 aliphatic carbocycles. The summed E-state index contributed by atoms with van der Waals surface area (Å²) < 4.78 is 44.0. The molecule has 100 valence electrons. The number of nitrogens with two attached hydrogens (primary N) is 1. The lowest BCUT2D eigenvalue weighted by Crippen LogP contribution is -2.20. The maximum absolute atomic E-state index is 11.7. The van der Waals surface area contributed by atoms with E-state index in [0.29, 0.717) is 5.69 Å². The topological polar surface area (TPSA) is 74.4 Å². The zero-order valence-electron chi connectivity index (χ0n) is 9.24. The number of anilines is 1. The highest BCUT2D eigenvalue weighted by Crippen LogP contribution is 2.14. The van der Waals surface area contributed by atoms with Gasteiger partial charge in [-0.3, -0.25) is 0 Å². The summed E-state index contributed by atoms with van der Waals surface area (Å²) in [4.78, 5) is 15.0. The quantitative estimate of drug-likeness (QED) is 0.642. The third kappa shape index (κ3) is 5.48. The summed E-state index contributed by atoms with van der Waals surface area (Å²) in [6.45, 7) is -1.98. The molecular weight excluding hydrogens is 253 g/mol. The summed E-state index contributed by atoms with van der Waals surface area (Å²) in [6.07, 6.45) is -3.11. The largest absolute Gasteiger partial charge is 0.459 e. The zero-order chi connectivity index (χ0) is 13.6. The number of carbonyl (C=O) groups is 1. The molecule has 0 unspecified atom stereocenters. The maximum atomic E-state index is 11.7. The molecule has 1 aromatic heterocycles. The van der Waals surface area contributed by atoms with Crippen LogP contribution in [-0.2, 0) is 9.47 Å². The van der Waals surface area contributed by atoms with Crippen molar-refractivity contribution in [3.63, 3.8) is 0 Å². The first kappa shape index (κ1) is 14.2. The molecule has 1 aromatic rings. The molecule has 1 rings (SSSR count). The molecule has 0 aromatic carbocycles. The lowest BCUT2D eigenvalue weighted by atomic mass is 10.3. The Balaban J connectivity index is 2.24. The maximum Gasteiger partial charge on any atom is 0.411 e. The molecule has 1 heterocycles. The van der Waals surface area contributed by atoms with Crippen molar-refractivity contribution < 1.29 is 27.4 Å². The van der Waals surface area contributed by atoms with Gasteiger partial charge in [-0.2, -0.15) is 13.2 Å². The highest BCUT2D eigenvalue weighted by atomic mass is 19.4. The first-order valence-corrected chi connectivity index (χ1v) is 4.91. The highest BCUT2D eigenvalue weighted by molar-refractivity contribution is 5.87. The van der Waals surface area contributed by atoms with Crippen LogP contribution in [0.4, 0.5) is 18.9 Å². The van der Waals surface area contributed by atoms with Crippen LogP contribution in [-0.4, -0.2) is 37.0 Å². The lowest BCUT2D eigenvalue weighted by Gasteiger charge is -2.08. The minimum absolute atomic E-state index is 0.0278. The number of carbonyl (C=O) groups excluding carboxylic acids is 1. The molecule has 0 saturated heterocycles. The first-order chi connectivity index (χ1) is 8.38. The summed E-state index contributed by atoms with van der Waals surface area (Å²) in [5, 5.41) is 0. The molecule has 0 amide bonds. The number of ether oxygens (including phenoxy) is 2. The minimum atomic E-state index is -4.39.